The molecule has 0 fully saturated rings. The van der Waals surface area contributed by atoms with Crippen molar-refractivity contribution in [3.8, 4) is 0 Å². The predicted molar refractivity (Wildman–Crippen MR) is 53.7 cm³/mol. The molecule has 0 spiro atoms. The van der Waals surface area contributed by atoms with Crippen LogP contribution in [0, 0.1) is 0 Å². The maximum Gasteiger partial charge on any atom is 0.221 e. The van der Waals surface area contributed by atoms with Crippen molar-refractivity contribution in [2.45, 2.75) is 13.5 Å². The van der Waals surface area contributed by atoms with Crippen molar-refractivity contribution in [2.75, 3.05) is 5.32 Å². The summed E-state index contributed by atoms with van der Waals surface area (Å²) >= 11 is 0. The van der Waals surface area contributed by atoms with E-state index in [1.807, 2.05) is 0 Å². The van der Waals surface area contributed by atoms with Crippen LogP contribution in [0.4, 0.5) is 5.69 Å². The van der Waals surface area contributed by atoms with Crippen molar-refractivity contribution in [3.05, 3.63) is 24.0 Å². The van der Waals surface area contributed by atoms with Gasteiger partial charge in [0.15, 0.2) is 0 Å². The van der Waals surface area contributed by atoms with Crippen molar-refractivity contribution >= 4 is 24.0 Å². The largest absolute Gasteiger partial charge is 0.326 e. The number of hydrogen-bond acceptors (Lipinski definition) is 3. The minimum Gasteiger partial charge on any atom is -0.326 e. The van der Waals surface area contributed by atoms with Gasteiger partial charge in [-0.25, -0.2) is 0 Å². The van der Waals surface area contributed by atoms with Crippen LogP contribution in [0.5, 0.6) is 0 Å². The van der Waals surface area contributed by atoms with Crippen LogP contribution in [-0.4, -0.2) is 10.9 Å². The molecule has 0 atom stereocenters. The molecule has 0 aromatic carbocycles. The number of rotatable bonds is 2. The minimum atomic E-state index is -0.0934. The van der Waals surface area contributed by atoms with Crippen molar-refractivity contribution in [2.24, 2.45) is 5.73 Å². The Morgan fingerprint density at radius 2 is 2.38 bits per heavy atom. The number of halogens is 1. The quantitative estimate of drug-likeness (QED) is 0.748. The zero-order chi connectivity index (χ0) is 8.97. The summed E-state index contributed by atoms with van der Waals surface area (Å²) in [4.78, 5) is 14.6. The molecular formula is C8H12ClN3O. The highest BCUT2D eigenvalue weighted by Crippen LogP contribution is 2.06. The Labute approximate surface area is 83.0 Å². The number of nitrogens with one attached hydrogen (secondary N) is 1. The molecule has 1 amide bonds. The van der Waals surface area contributed by atoms with Crippen LogP contribution in [0.2, 0.25) is 0 Å². The second kappa shape index (κ2) is 5.50. The summed E-state index contributed by atoms with van der Waals surface area (Å²) in [6.45, 7) is 1.84. The van der Waals surface area contributed by atoms with Crippen LogP contribution in [0.25, 0.3) is 0 Å². The zero-order valence-electron chi connectivity index (χ0n) is 7.28. The second-order valence-electron chi connectivity index (χ2n) is 2.42. The molecule has 72 valence electrons. The van der Waals surface area contributed by atoms with Gasteiger partial charge in [-0.1, -0.05) is 0 Å². The first-order chi connectivity index (χ1) is 5.72. The molecule has 1 aromatic heterocycles. The molecular weight excluding hydrogens is 190 g/mol. The number of nitrogens with two attached hydrogens (primary N) is 1. The number of carbonyl (C=O) groups is 1. The summed E-state index contributed by atoms with van der Waals surface area (Å²) in [5.41, 5.74) is 6.87. The van der Waals surface area contributed by atoms with Crippen LogP contribution < -0.4 is 11.1 Å². The Kier molecular flexibility index (Phi) is 5.03. The summed E-state index contributed by atoms with van der Waals surface area (Å²) in [5.74, 6) is -0.0934. The number of carbonyl (C=O) groups excluding carboxylic acids is 1. The van der Waals surface area contributed by atoms with E-state index >= 15 is 0 Å². The third kappa shape index (κ3) is 3.87. The van der Waals surface area contributed by atoms with Gasteiger partial charge in [0, 0.05) is 25.4 Å². The first kappa shape index (κ1) is 11.9. The van der Waals surface area contributed by atoms with Crippen molar-refractivity contribution < 1.29 is 4.79 Å². The standard InChI is InChI=1S/C8H11N3O.ClH/c1-6(12)11-7-2-3-10-8(4-7)5-9;/h2-4H,5,9H2,1H3,(H,10,11,12);1H. The topological polar surface area (TPSA) is 68.0 Å². The number of nitrogens with zero attached hydrogens (tertiary/aromatic N) is 1. The lowest BCUT2D eigenvalue weighted by atomic mass is 10.3. The lowest BCUT2D eigenvalue weighted by molar-refractivity contribution is -0.114. The molecule has 0 unspecified atom stereocenters. The van der Waals surface area contributed by atoms with E-state index in [1.165, 1.54) is 6.92 Å². The monoisotopic (exact) mass is 201 g/mol. The highest BCUT2D eigenvalue weighted by atomic mass is 35.5. The van der Waals surface area contributed by atoms with Crippen LogP contribution in [0.15, 0.2) is 18.3 Å². The van der Waals surface area contributed by atoms with E-state index < -0.39 is 0 Å². The molecule has 0 radical (unpaired) electrons. The molecule has 0 bridgehead atoms. The third-order valence-corrected chi connectivity index (χ3v) is 1.35. The van der Waals surface area contributed by atoms with E-state index in [2.05, 4.69) is 10.3 Å². The van der Waals surface area contributed by atoms with E-state index in [0.717, 1.165) is 11.4 Å². The van der Waals surface area contributed by atoms with Crippen LogP contribution >= 0.6 is 12.4 Å². The van der Waals surface area contributed by atoms with E-state index in [9.17, 15) is 4.79 Å². The molecule has 4 nitrogen and oxygen atoms in total. The van der Waals surface area contributed by atoms with Gasteiger partial charge >= 0.3 is 0 Å². The van der Waals surface area contributed by atoms with Gasteiger partial charge in [-0.2, -0.15) is 0 Å². The maximum absolute atomic E-state index is 10.7. The Balaban J connectivity index is 0.00000144. The number of amides is 1. The summed E-state index contributed by atoms with van der Waals surface area (Å²) in [6, 6.07) is 3.47. The SMILES string of the molecule is CC(=O)Nc1ccnc(CN)c1.Cl. The molecule has 1 aromatic rings. The maximum atomic E-state index is 10.7. The van der Waals surface area contributed by atoms with Gasteiger partial charge in [0.1, 0.15) is 0 Å². The zero-order valence-corrected chi connectivity index (χ0v) is 8.10. The third-order valence-electron chi connectivity index (χ3n) is 1.35. The fourth-order valence-electron chi connectivity index (χ4n) is 0.871. The van der Waals surface area contributed by atoms with Gasteiger partial charge in [-0.05, 0) is 12.1 Å². The van der Waals surface area contributed by atoms with Gasteiger partial charge in [0.05, 0.1) is 5.69 Å². The summed E-state index contributed by atoms with van der Waals surface area (Å²) in [7, 11) is 0. The van der Waals surface area contributed by atoms with Gasteiger partial charge in [-0.3, -0.25) is 9.78 Å². The first-order valence-electron chi connectivity index (χ1n) is 3.65. The molecule has 1 rings (SSSR count). The average Bonchev–Trinajstić information content (AvgIpc) is 2.03. The van der Waals surface area contributed by atoms with Gasteiger partial charge in [0.2, 0.25) is 5.91 Å². The summed E-state index contributed by atoms with van der Waals surface area (Å²) in [5, 5.41) is 2.64. The van der Waals surface area contributed by atoms with Crippen molar-refractivity contribution in [3.63, 3.8) is 0 Å². The molecule has 3 N–H and O–H groups in total. The minimum absolute atomic E-state index is 0. The molecule has 0 aliphatic carbocycles. The van der Waals surface area contributed by atoms with Gasteiger partial charge in [-0.15, -0.1) is 12.4 Å². The lowest BCUT2D eigenvalue weighted by Gasteiger charge is -2.02. The molecule has 5 heteroatoms. The molecule has 0 aliphatic heterocycles. The second-order valence-corrected chi connectivity index (χ2v) is 2.42. The number of anilines is 1. The Hall–Kier alpha value is -1.13. The normalized spacial score (nSPS) is 8.77. The van der Waals surface area contributed by atoms with Crippen molar-refractivity contribution in [1.29, 1.82) is 0 Å². The van der Waals surface area contributed by atoms with E-state index in [-0.39, 0.29) is 18.3 Å². The Bertz CT molecular complexity index is 290. The molecule has 0 saturated carbocycles. The fourth-order valence-corrected chi connectivity index (χ4v) is 0.871. The highest BCUT2D eigenvalue weighted by Gasteiger charge is 1.96. The Morgan fingerprint density at radius 3 is 2.92 bits per heavy atom. The molecule has 13 heavy (non-hydrogen) atoms. The number of hydrogen-bond donors (Lipinski definition) is 2. The molecule has 1 heterocycles. The van der Waals surface area contributed by atoms with Crippen LogP contribution in [0.3, 0.4) is 0 Å². The smallest absolute Gasteiger partial charge is 0.221 e. The fraction of sp³-hybridized carbons (Fsp3) is 0.250. The number of pyridine rings is 1. The van der Waals surface area contributed by atoms with E-state index in [4.69, 9.17) is 5.73 Å². The average molecular weight is 202 g/mol. The number of aromatic nitrogens is 1. The van der Waals surface area contributed by atoms with Gasteiger partial charge in [0.25, 0.3) is 0 Å². The first-order valence-corrected chi connectivity index (χ1v) is 3.65. The van der Waals surface area contributed by atoms with Crippen LogP contribution in [-0.2, 0) is 11.3 Å². The highest BCUT2D eigenvalue weighted by molar-refractivity contribution is 5.88. The molecule has 0 aliphatic rings. The van der Waals surface area contributed by atoms with E-state index in [0.29, 0.717) is 6.54 Å². The van der Waals surface area contributed by atoms with Gasteiger partial charge < -0.3 is 11.1 Å². The Morgan fingerprint density at radius 1 is 1.69 bits per heavy atom. The van der Waals surface area contributed by atoms with Crippen LogP contribution in [0.1, 0.15) is 12.6 Å². The van der Waals surface area contributed by atoms with Crippen molar-refractivity contribution in [1.82, 2.24) is 4.98 Å². The summed E-state index contributed by atoms with van der Waals surface area (Å²) in [6.07, 6.45) is 1.62. The predicted octanol–water partition coefficient (Wildman–Crippen LogP) is 0.920. The lowest BCUT2D eigenvalue weighted by Crippen LogP contribution is -2.07. The summed E-state index contributed by atoms with van der Waals surface area (Å²) < 4.78 is 0. The van der Waals surface area contributed by atoms with E-state index in [1.54, 1.807) is 18.3 Å². The molecule has 0 saturated heterocycles.